The Labute approximate surface area is 84.5 Å². The molecule has 1 amide bonds. The van der Waals surface area contributed by atoms with Crippen LogP contribution in [0.5, 0.6) is 0 Å². The topological polar surface area (TPSA) is 49.3 Å². The monoisotopic (exact) mass is 231 g/mol. The first-order valence-electron chi connectivity index (χ1n) is 4.33. The van der Waals surface area contributed by atoms with Crippen molar-refractivity contribution in [2.24, 2.45) is 0 Å². The molecule has 0 bridgehead atoms. The summed E-state index contributed by atoms with van der Waals surface area (Å²) in [5.41, 5.74) is 0. The van der Waals surface area contributed by atoms with E-state index in [4.69, 9.17) is 5.11 Å². The number of carbonyl (C=O) groups is 1. The highest BCUT2D eigenvalue weighted by molar-refractivity contribution is 5.84. The van der Waals surface area contributed by atoms with Gasteiger partial charge in [-0.1, -0.05) is 0 Å². The molecule has 7 heteroatoms. The highest BCUT2D eigenvalue weighted by Gasteiger charge is 2.49. The van der Waals surface area contributed by atoms with Crippen LogP contribution in [0.4, 0.5) is 17.6 Å². The first-order valence-corrected chi connectivity index (χ1v) is 4.33. The molecule has 0 aromatic heterocycles. The summed E-state index contributed by atoms with van der Waals surface area (Å²) >= 11 is 0. The van der Waals surface area contributed by atoms with Gasteiger partial charge in [-0.25, -0.2) is 8.78 Å². The largest absolute Gasteiger partial charge is 0.393 e. The van der Waals surface area contributed by atoms with Gasteiger partial charge in [0, 0.05) is 6.04 Å². The second-order valence-corrected chi connectivity index (χ2v) is 3.38. The Balaban J connectivity index is 4.24. The standard InChI is InChI=1S/C8H13F4NO2/c1-4(3-5(2)14)13-7(15)8(11,12)6(9)10/h4-6,14H,3H2,1-2H3,(H,13,15). The van der Waals surface area contributed by atoms with Gasteiger partial charge in [0.2, 0.25) is 0 Å². The number of carbonyl (C=O) groups excluding carboxylic acids is 1. The Morgan fingerprint density at radius 1 is 1.40 bits per heavy atom. The number of hydrogen-bond donors (Lipinski definition) is 2. The quantitative estimate of drug-likeness (QED) is 0.697. The number of amides is 1. The summed E-state index contributed by atoms with van der Waals surface area (Å²) < 4.78 is 48.3. The minimum Gasteiger partial charge on any atom is -0.393 e. The lowest BCUT2D eigenvalue weighted by Crippen LogP contribution is -2.48. The van der Waals surface area contributed by atoms with Crippen molar-refractivity contribution in [1.82, 2.24) is 5.32 Å². The van der Waals surface area contributed by atoms with Gasteiger partial charge in [0.1, 0.15) is 0 Å². The van der Waals surface area contributed by atoms with Gasteiger partial charge in [0.15, 0.2) is 0 Å². The molecule has 0 aromatic rings. The van der Waals surface area contributed by atoms with E-state index >= 15 is 0 Å². The minimum atomic E-state index is -4.69. The van der Waals surface area contributed by atoms with Crippen LogP contribution in [0.15, 0.2) is 0 Å². The molecule has 0 rings (SSSR count). The van der Waals surface area contributed by atoms with Crippen molar-refractivity contribution in [3.05, 3.63) is 0 Å². The summed E-state index contributed by atoms with van der Waals surface area (Å²) in [7, 11) is 0. The van der Waals surface area contributed by atoms with Crippen molar-refractivity contribution in [3.8, 4) is 0 Å². The molecule has 3 nitrogen and oxygen atoms in total. The number of rotatable bonds is 5. The molecule has 0 aliphatic heterocycles. The van der Waals surface area contributed by atoms with Gasteiger partial charge in [-0.15, -0.1) is 0 Å². The van der Waals surface area contributed by atoms with E-state index in [1.165, 1.54) is 13.8 Å². The van der Waals surface area contributed by atoms with Crippen LogP contribution in [-0.4, -0.2) is 35.5 Å². The zero-order chi connectivity index (χ0) is 12.2. The Morgan fingerprint density at radius 3 is 2.20 bits per heavy atom. The Kier molecular flexibility index (Phi) is 4.99. The van der Waals surface area contributed by atoms with E-state index in [0.717, 1.165) is 0 Å². The van der Waals surface area contributed by atoms with Crippen molar-refractivity contribution in [1.29, 1.82) is 0 Å². The third-order valence-electron chi connectivity index (χ3n) is 1.65. The van der Waals surface area contributed by atoms with Crippen LogP contribution in [-0.2, 0) is 4.79 Å². The second kappa shape index (κ2) is 5.29. The lowest BCUT2D eigenvalue weighted by atomic mass is 10.1. The Bertz CT molecular complexity index is 221. The molecule has 2 atom stereocenters. The fourth-order valence-electron chi connectivity index (χ4n) is 0.990. The van der Waals surface area contributed by atoms with E-state index in [2.05, 4.69) is 0 Å². The lowest BCUT2D eigenvalue weighted by molar-refractivity contribution is -0.170. The maximum Gasteiger partial charge on any atom is 0.383 e. The minimum absolute atomic E-state index is 0.0189. The molecule has 0 spiro atoms. The maximum absolute atomic E-state index is 12.4. The van der Waals surface area contributed by atoms with Crippen molar-refractivity contribution in [2.75, 3.05) is 0 Å². The molecule has 0 saturated carbocycles. The van der Waals surface area contributed by atoms with Crippen LogP contribution < -0.4 is 5.32 Å². The highest BCUT2D eigenvalue weighted by Crippen LogP contribution is 2.23. The molecule has 2 N–H and O–H groups in total. The van der Waals surface area contributed by atoms with Crippen LogP contribution in [0.25, 0.3) is 0 Å². The third-order valence-corrected chi connectivity index (χ3v) is 1.65. The molecule has 15 heavy (non-hydrogen) atoms. The van der Waals surface area contributed by atoms with Crippen LogP contribution in [0.1, 0.15) is 20.3 Å². The predicted molar refractivity (Wildman–Crippen MR) is 44.9 cm³/mol. The molecule has 0 aliphatic rings. The van der Waals surface area contributed by atoms with Crippen LogP contribution in [0, 0.1) is 0 Å². The molecule has 0 fully saturated rings. The summed E-state index contributed by atoms with van der Waals surface area (Å²) in [5.74, 6) is -6.71. The number of hydrogen-bond acceptors (Lipinski definition) is 2. The lowest BCUT2D eigenvalue weighted by Gasteiger charge is -2.19. The van der Waals surface area contributed by atoms with E-state index in [1.54, 1.807) is 5.32 Å². The highest BCUT2D eigenvalue weighted by atomic mass is 19.3. The molecule has 0 aromatic carbocycles. The summed E-state index contributed by atoms with van der Waals surface area (Å²) in [6.07, 6.45) is -4.82. The van der Waals surface area contributed by atoms with Crippen molar-refractivity contribution in [2.45, 2.75) is 44.8 Å². The number of aliphatic hydroxyl groups is 1. The van der Waals surface area contributed by atoms with Crippen molar-refractivity contribution in [3.63, 3.8) is 0 Å². The number of alkyl halides is 4. The van der Waals surface area contributed by atoms with Gasteiger partial charge >= 0.3 is 12.3 Å². The van der Waals surface area contributed by atoms with Crippen LogP contribution in [0.3, 0.4) is 0 Å². The van der Waals surface area contributed by atoms with E-state index in [9.17, 15) is 22.4 Å². The molecule has 2 unspecified atom stereocenters. The Hall–Kier alpha value is -0.850. The average molecular weight is 231 g/mol. The van der Waals surface area contributed by atoms with Gasteiger partial charge in [0.25, 0.3) is 5.91 Å². The van der Waals surface area contributed by atoms with E-state index < -0.39 is 30.4 Å². The molecule has 0 radical (unpaired) electrons. The predicted octanol–water partition coefficient (Wildman–Crippen LogP) is 1.16. The molecular weight excluding hydrogens is 218 g/mol. The summed E-state index contributed by atoms with van der Waals surface area (Å²) in [4.78, 5) is 10.7. The molecule has 0 saturated heterocycles. The normalized spacial score (nSPS) is 16.3. The van der Waals surface area contributed by atoms with Crippen LogP contribution in [0.2, 0.25) is 0 Å². The summed E-state index contributed by atoms with van der Waals surface area (Å²) in [5, 5.41) is 10.6. The summed E-state index contributed by atoms with van der Waals surface area (Å²) in [6, 6.07) is -0.790. The van der Waals surface area contributed by atoms with Gasteiger partial charge in [-0.05, 0) is 20.3 Å². The van der Waals surface area contributed by atoms with Crippen molar-refractivity contribution >= 4 is 5.91 Å². The Morgan fingerprint density at radius 2 is 1.87 bits per heavy atom. The number of nitrogens with one attached hydrogen (secondary N) is 1. The smallest absolute Gasteiger partial charge is 0.383 e. The summed E-state index contributed by atoms with van der Waals surface area (Å²) in [6.45, 7) is 2.74. The molecule has 90 valence electrons. The van der Waals surface area contributed by atoms with E-state index in [-0.39, 0.29) is 6.42 Å². The number of halogens is 4. The first-order chi connectivity index (χ1) is 6.67. The maximum atomic E-state index is 12.4. The van der Waals surface area contributed by atoms with Crippen molar-refractivity contribution < 1.29 is 27.5 Å². The number of aliphatic hydroxyl groups excluding tert-OH is 1. The molecule has 0 heterocycles. The zero-order valence-corrected chi connectivity index (χ0v) is 8.31. The fourth-order valence-corrected chi connectivity index (χ4v) is 0.990. The third kappa shape index (κ3) is 4.46. The first kappa shape index (κ1) is 14.2. The van der Waals surface area contributed by atoms with Crippen LogP contribution >= 0.6 is 0 Å². The average Bonchev–Trinajstić information content (AvgIpc) is 2.01. The van der Waals surface area contributed by atoms with Gasteiger partial charge in [-0.3, -0.25) is 4.79 Å². The van der Waals surface area contributed by atoms with Gasteiger partial charge in [0.05, 0.1) is 6.10 Å². The van der Waals surface area contributed by atoms with Gasteiger partial charge < -0.3 is 10.4 Å². The van der Waals surface area contributed by atoms with E-state index in [0.29, 0.717) is 0 Å². The zero-order valence-electron chi connectivity index (χ0n) is 8.31. The fraction of sp³-hybridized carbons (Fsp3) is 0.875. The van der Waals surface area contributed by atoms with Gasteiger partial charge in [-0.2, -0.15) is 8.78 Å². The van der Waals surface area contributed by atoms with E-state index in [1.807, 2.05) is 0 Å². The molecule has 0 aliphatic carbocycles. The molecular formula is C8H13F4NO2. The SMILES string of the molecule is CC(O)CC(C)NC(=O)C(F)(F)C(F)F. The second-order valence-electron chi connectivity index (χ2n) is 3.38.